The number of hydrogen-bond donors (Lipinski definition) is 4. The summed E-state index contributed by atoms with van der Waals surface area (Å²) in [4.78, 5) is 36.6. The SMILES string of the molecule is CCC(C)C(NC(=O)C(N)C(C)C)C(=O)NC(Cc1ccccc1)C(=O)O. The molecule has 0 radical (unpaired) electrons. The summed E-state index contributed by atoms with van der Waals surface area (Å²) in [5, 5.41) is 14.7. The molecular formula is C20H31N3O4. The van der Waals surface area contributed by atoms with Crippen LogP contribution in [0, 0.1) is 11.8 Å². The highest BCUT2D eigenvalue weighted by Crippen LogP contribution is 2.11. The van der Waals surface area contributed by atoms with E-state index in [0.29, 0.717) is 6.42 Å². The molecule has 150 valence electrons. The van der Waals surface area contributed by atoms with Crippen molar-refractivity contribution in [3.63, 3.8) is 0 Å². The van der Waals surface area contributed by atoms with Gasteiger partial charge in [0.1, 0.15) is 12.1 Å². The van der Waals surface area contributed by atoms with Gasteiger partial charge in [0.15, 0.2) is 0 Å². The lowest BCUT2D eigenvalue weighted by molar-refractivity contribution is -0.142. The number of carboxylic acids is 1. The standard InChI is InChI=1S/C20H31N3O4/c1-5-13(4)17(23-18(24)16(21)12(2)3)19(25)22-15(20(26)27)11-14-9-7-6-8-10-14/h6-10,12-13,15-17H,5,11,21H2,1-4H3,(H,22,25)(H,23,24)(H,26,27). The number of amides is 2. The Morgan fingerprint density at radius 2 is 1.63 bits per heavy atom. The molecule has 1 aromatic rings. The third-order valence-electron chi connectivity index (χ3n) is 4.71. The van der Waals surface area contributed by atoms with Crippen molar-refractivity contribution in [3.8, 4) is 0 Å². The van der Waals surface area contributed by atoms with E-state index in [1.807, 2.05) is 45.9 Å². The van der Waals surface area contributed by atoms with E-state index < -0.39 is 35.9 Å². The summed E-state index contributed by atoms with van der Waals surface area (Å²) in [5.41, 5.74) is 6.67. The molecule has 0 fully saturated rings. The number of nitrogens with two attached hydrogens (primary N) is 1. The third-order valence-corrected chi connectivity index (χ3v) is 4.71. The zero-order valence-corrected chi connectivity index (χ0v) is 16.4. The number of carbonyl (C=O) groups excluding carboxylic acids is 2. The van der Waals surface area contributed by atoms with Gasteiger partial charge in [0.05, 0.1) is 6.04 Å². The van der Waals surface area contributed by atoms with Crippen molar-refractivity contribution in [1.29, 1.82) is 0 Å². The molecule has 4 unspecified atom stereocenters. The Labute approximate surface area is 160 Å². The summed E-state index contributed by atoms with van der Waals surface area (Å²) < 4.78 is 0. The second kappa shape index (κ2) is 10.7. The molecule has 0 heterocycles. The van der Waals surface area contributed by atoms with Gasteiger partial charge in [0.25, 0.3) is 0 Å². The monoisotopic (exact) mass is 377 g/mol. The second-order valence-electron chi connectivity index (χ2n) is 7.23. The zero-order chi connectivity index (χ0) is 20.6. The van der Waals surface area contributed by atoms with Crippen LogP contribution in [0.2, 0.25) is 0 Å². The Balaban J connectivity index is 2.89. The molecule has 0 saturated heterocycles. The number of nitrogens with one attached hydrogen (secondary N) is 2. The minimum Gasteiger partial charge on any atom is -0.480 e. The van der Waals surface area contributed by atoms with Gasteiger partial charge in [-0.05, 0) is 17.4 Å². The number of carboxylic acid groups (broad SMARTS) is 1. The molecule has 2 amide bonds. The van der Waals surface area contributed by atoms with Crippen molar-refractivity contribution >= 4 is 17.8 Å². The first-order valence-corrected chi connectivity index (χ1v) is 9.30. The van der Waals surface area contributed by atoms with Gasteiger partial charge in [-0.15, -0.1) is 0 Å². The van der Waals surface area contributed by atoms with E-state index in [1.165, 1.54) is 0 Å². The first-order chi connectivity index (χ1) is 12.7. The molecule has 0 aliphatic rings. The van der Waals surface area contributed by atoms with Crippen molar-refractivity contribution in [2.45, 2.75) is 58.7 Å². The highest BCUT2D eigenvalue weighted by atomic mass is 16.4. The Morgan fingerprint density at radius 3 is 2.11 bits per heavy atom. The molecule has 27 heavy (non-hydrogen) atoms. The molecule has 7 heteroatoms. The van der Waals surface area contributed by atoms with E-state index in [9.17, 15) is 19.5 Å². The maximum Gasteiger partial charge on any atom is 0.326 e. The van der Waals surface area contributed by atoms with Gasteiger partial charge in [-0.3, -0.25) is 9.59 Å². The van der Waals surface area contributed by atoms with Crippen molar-refractivity contribution in [1.82, 2.24) is 10.6 Å². The Hall–Kier alpha value is -2.41. The number of rotatable bonds is 10. The fraction of sp³-hybridized carbons (Fsp3) is 0.550. The second-order valence-corrected chi connectivity index (χ2v) is 7.23. The predicted octanol–water partition coefficient (Wildman–Crippen LogP) is 1.31. The van der Waals surface area contributed by atoms with E-state index in [4.69, 9.17) is 5.73 Å². The van der Waals surface area contributed by atoms with E-state index in [0.717, 1.165) is 5.56 Å². The third kappa shape index (κ3) is 7.02. The smallest absolute Gasteiger partial charge is 0.326 e. The van der Waals surface area contributed by atoms with Crippen LogP contribution in [0.25, 0.3) is 0 Å². The average molecular weight is 377 g/mol. The van der Waals surface area contributed by atoms with Gasteiger partial charge >= 0.3 is 5.97 Å². The highest BCUT2D eigenvalue weighted by Gasteiger charge is 2.31. The maximum atomic E-state index is 12.7. The fourth-order valence-electron chi connectivity index (χ4n) is 2.57. The molecule has 0 aliphatic carbocycles. The maximum absolute atomic E-state index is 12.7. The van der Waals surface area contributed by atoms with E-state index >= 15 is 0 Å². The van der Waals surface area contributed by atoms with Crippen LogP contribution < -0.4 is 16.4 Å². The summed E-state index contributed by atoms with van der Waals surface area (Å²) in [7, 11) is 0. The lowest BCUT2D eigenvalue weighted by atomic mass is 9.96. The van der Waals surface area contributed by atoms with Crippen LogP contribution in [0.1, 0.15) is 39.7 Å². The molecular weight excluding hydrogens is 346 g/mol. The summed E-state index contributed by atoms with van der Waals surface area (Å²) >= 11 is 0. The van der Waals surface area contributed by atoms with Crippen LogP contribution in [0.15, 0.2) is 30.3 Å². The minimum atomic E-state index is -1.12. The van der Waals surface area contributed by atoms with Gasteiger partial charge in [-0.2, -0.15) is 0 Å². The summed E-state index contributed by atoms with van der Waals surface area (Å²) in [5.74, 6) is -2.30. The number of aliphatic carboxylic acids is 1. The van der Waals surface area contributed by atoms with Crippen molar-refractivity contribution in [2.24, 2.45) is 17.6 Å². The summed E-state index contributed by atoms with van der Waals surface area (Å²) in [6, 6.07) is 6.41. The van der Waals surface area contributed by atoms with Crippen LogP contribution in [-0.4, -0.2) is 41.0 Å². The van der Waals surface area contributed by atoms with Crippen LogP contribution in [-0.2, 0) is 20.8 Å². The first kappa shape index (κ1) is 22.6. The van der Waals surface area contributed by atoms with Crippen LogP contribution >= 0.6 is 0 Å². The quantitative estimate of drug-likeness (QED) is 0.490. The Morgan fingerprint density at radius 1 is 1.04 bits per heavy atom. The molecule has 0 bridgehead atoms. The molecule has 7 nitrogen and oxygen atoms in total. The van der Waals surface area contributed by atoms with Crippen LogP contribution in [0.5, 0.6) is 0 Å². The molecule has 4 atom stereocenters. The number of benzene rings is 1. The average Bonchev–Trinajstić information content (AvgIpc) is 2.64. The van der Waals surface area contributed by atoms with Gasteiger partial charge < -0.3 is 21.5 Å². The molecule has 0 aromatic heterocycles. The van der Waals surface area contributed by atoms with E-state index in [2.05, 4.69) is 10.6 Å². The largest absolute Gasteiger partial charge is 0.480 e. The lowest BCUT2D eigenvalue weighted by Crippen LogP contribution is -2.57. The lowest BCUT2D eigenvalue weighted by Gasteiger charge is -2.27. The predicted molar refractivity (Wildman–Crippen MR) is 104 cm³/mol. The van der Waals surface area contributed by atoms with Gasteiger partial charge in [-0.25, -0.2) is 4.79 Å². The number of carbonyl (C=O) groups is 3. The molecule has 1 aromatic carbocycles. The van der Waals surface area contributed by atoms with Crippen molar-refractivity contribution in [2.75, 3.05) is 0 Å². The highest BCUT2D eigenvalue weighted by molar-refractivity contribution is 5.92. The summed E-state index contributed by atoms with van der Waals surface area (Å²) in [6.45, 7) is 7.38. The number of hydrogen-bond acceptors (Lipinski definition) is 4. The first-order valence-electron chi connectivity index (χ1n) is 9.30. The van der Waals surface area contributed by atoms with Crippen LogP contribution in [0.4, 0.5) is 0 Å². The van der Waals surface area contributed by atoms with E-state index in [-0.39, 0.29) is 18.3 Å². The fourth-order valence-corrected chi connectivity index (χ4v) is 2.57. The Bertz CT molecular complexity index is 633. The van der Waals surface area contributed by atoms with Gasteiger partial charge in [0, 0.05) is 6.42 Å². The topological polar surface area (TPSA) is 122 Å². The Kier molecular flexibility index (Phi) is 8.94. The molecule has 1 rings (SSSR count). The van der Waals surface area contributed by atoms with Crippen molar-refractivity contribution in [3.05, 3.63) is 35.9 Å². The van der Waals surface area contributed by atoms with Gasteiger partial charge in [-0.1, -0.05) is 64.4 Å². The molecule has 5 N–H and O–H groups in total. The zero-order valence-electron chi connectivity index (χ0n) is 16.4. The molecule has 0 saturated carbocycles. The van der Waals surface area contributed by atoms with Crippen molar-refractivity contribution < 1.29 is 19.5 Å². The molecule has 0 aliphatic heterocycles. The van der Waals surface area contributed by atoms with E-state index in [1.54, 1.807) is 12.1 Å². The normalized spacial score (nSPS) is 15.5. The summed E-state index contributed by atoms with van der Waals surface area (Å²) in [6.07, 6.45) is 0.806. The molecule has 0 spiro atoms. The van der Waals surface area contributed by atoms with Gasteiger partial charge in [0.2, 0.25) is 11.8 Å². The minimum absolute atomic E-state index is 0.0736. The van der Waals surface area contributed by atoms with Crippen LogP contribution in [0.3, 0.4) is 0 Å².